The Kier molecular flexibility index (Phi) is 27.9. The number of hydrogen-bond donors (Lipinski definition) is 0. The molecule has 0 aliphatic rings. The molecule has 0 amide bonds. The van der Waals surface area contributed by atoms with Crippen LogP contribution in [0.25, 0.3) is 86.2 Å². The van der Waals surface area contributed by atoms with Crippen molar-refractivity contribution >= 4 is 97.7 Å². The zero-order valence-corrected chi connectivity index (χ0v) is 85.1. The highest BCUT2D eigenvalue weighted by Gasteiger charge is 2.24. The van der Waals surface area contributed by atoms with E-state index in [1.54, 1.807) is 11.5 Å². The predicted molar refractivity (Wildman–Crippen MR) is 528 cm³/mol. The lowest BCUT2D eigenvalue weighted by Gasteiger charge is -2.12. The SMILES string of the molecule is Cc1c(C)c(C)c2c(C)n(C)c(C)c2c1C.Cc1c(C)c(C)c2c(C)n(C)c(C)c2c1C.Cc1c(C)c(C)c2c(C)n(C)nc2c1C.Cc1c(C)c(C)c2c(C)noc2c1C.Cc1c(C)c(C)c2c(C)nsc2c1C.Cc1c(C)c(C)c2c(c(C)nn2C)c1C.Cc1c(C)c(C)c2c(c(C)nn2C)c1C.Cc1c(C)c(C)c2c(c1C)c(C)c(C)n2C. The van der Waals surface area contributed by atoms with Gasteiger partial charge in [0.25, 0.3) is 0 Å². The van der Waals surface area contributed by atoms with Crippen LogP contribution in [-0.2, 0) is 42.3 Å². The van der Waals surface area contributed by atoms with Gasteiger partial charge in [0.1, 0.15) is 0 Å². The summed E-state index contributed by atoms with van der Waals surface area (Å²) in [6.07, 6.45) is 0. The van der Waals surface area contributed by atoms with Crippen molar-refractivity contribution in [1.82, 2.24) is 52.6 Å². The maximum absolute atomic E-state index is 5.35. The Morgan fingerprint density at radius 3 is 0.835 bits per heavy atom. The van der Waals surface area contributed by atoms with E-state index in [0.29, 0.717) is 0 Å². The van der Waals surface area contributed by atoms with Crippen LogP contribution >= 0.6 is 11.5 Å². The average Bonchev–Trinajstić information content (AvgIpc) is 1.73. The Labute approximate surface area is 730 Å². The minimum absolute atomic E-state index is 0.947. The number of aryl methyl sites for hydroxylation is 30. The third-order valence-corrected chi connectivity index (χ3v) is 31.9. The molecule has 0 fully saturated rings. The summed E-state index contributed by atoms with van der Waals surface area (Å²) < 4.78 is 24.1. The van der Waals surface area contributed by atoms with Crippen LogP contribution in [0.2, 0.25) is 0 Å². The van der Waals surface area contributed by atoms with Crippen LogP contribution in [0.15, 0.2) is 4.52 Å². The normalized spacial score (nSPS) is 11.3. The molecule has 0 atom stereocenters. The van der Waals surface area contributed by atoms with Crippen molar-refractivity contribution in [3.8, 4) is 0 Å². The lowest BCUT2D eigenvalue weighted by atomic mass is 9.92. The number of aromatic nitrogens is 11. The number of fused-ring (bicyclic) bond motifs is 8. The first-order valence-electron chi connectivity index (χ1n) is 43.4. The Balaban J connectivity index is 0.000000157. The molecule has 8 aromatic heterocycles. The first-order valence-corrected chi connectivity index (χ1v) is 44.2. The molecule has 8 heterocycles. The van der Waals surface area contributed by atoms with Gasteiger partial charge in [-0.25, -0.2) is 0 Å². The summed E-state index contributed by atoms with van der Waals surface area (Å²) in [6, 6.07) is 0. The number of hydrogen-bond acceptors (Lipinski definition) is 7. The molecular weight excluding hydrogens is 1500 g/mol. The van der Waals surface area contributed by atoms with Crippen molar-refractivity contribution in [3.05, 3.63) is 241 Å². The third kappa shape index (κ3) is 16.0. The van der Waals surface area contributed by atoms with Crippen LogP contribution in [0, 0.1) is 298 Å². The molecule has 16 rings (SSSR count). The second-order valence-electron chi connectivity index (χ2n) is 36.2. The molecule has 0 radical (unpaired) electrons. The van der Waals surface area contributed by atoms with Crippen LogP contribution < -0.4 is 0 Å². The van der Waals surface area contributed by atoms with E-state index in [9.17, 15) is 0 Å². The first kappa shape index (κ1) is 95.0. The molecule has 13 heteroatoms. The van der Waals surface area contributed by atoms with E-state index >= 15 is 0 Å². The largest absolute Gasteiger partial charge is 0.356 e. The quantitative estimate of drug-likeness (QED) is 0.150. The molecule has 12 nitrogen and oxygen atoms in total. The number of benzene rings is 8. The summed E-state index contributed by atoms with van der Waals surface area (Å²) in [6.45, 7) is 94.2. The van der Waals surface area contributed by atoms with Gasteiger partial charge in [-0.3, -0.25) is 14.0 Å². The van der Waals surface area contributed by atoms with E-state index in [1.807, 2.05) is 42.1 Å². The number of rotatable bonds is 0. The second kappa shape index (κ2) is 35.5. The lowest BCUT2D eigenvalue weighted by Crippen LogP contribution is -1.97. The fourth-order valence-electron chi connectivity index (χ4n) is 19.5. The molecule has 16 aromatic rings. The van der Waals surface area contributed by atoms with Gasteiger partial charge < -0.3 is 18.2 Å². The highest BCUT2D eigenvalue weighted by atomic mass is 32.1. The second-order valence-corrected chi connectivity index (χ2v) is 37.0. The topological polar surface area (TPSA) is 107 Å². The molecule has 0 spiro atoms. The summed E-state index contributed by atoms with van der Waals surface area (Å²) in [5.74, 6) is 0. The van der Waals surface area contributed by atoms with Crippen molar-refractivity contribution in [1.29, 1.82) is 0 Å². The molecule has 0 bridgehead atoms. The van der Waals surface area contributed by atoms with Gasteiger partial charge in [-0.1, -0.05) is 5.16 Å². The molecule has 0 N–H and O–H groups in total. The number of nitrogens with zero attached hydrogens (tertiary/aromatic N) is 11. The van der Waals surface area contributed by atoms with E-state index in [4.69, 9.17) is 4.52 Å². The van der Waals surface area contributed by atoms with E-state index in [-0.39, 0.29) is 0 Å². The Bertz CT molecular complexity index is 6160. The van der Waals surface area contributed by atoms with Gasteiger partial charge in [-0.05, 0) is 493 Å². The average molecular weight is 1650 g/mol. The first-order chi connectivity index (χ1) is 56.0. The molecule has 646 valence electrons. The Morgan fingerprint density at radius 1 is 0.190 bits per heavy atom. The van der Waals surface area contributed by atoms with Gasteiger partial charge in [0.2, 0.25) is 0 Å². The summed E-state index contributed by atoms with van der Waals surface area (Å²) in [7, 11) is 12.6. The summed E-state index contributed by atoms with van der Waals surface area (Å²) in [5, 5.41) is 31.5. The van der Waals surface area contributed by atoms with Gasteiger partial charge >= 0.3 is 0 Å². The van der Waals surface area contributed by atoms with E-state index in [0.717, 1.165) is 28.2 Å². The zero-order chi connectivity index (χ0) is 91.5. The van der Waals surface area contributed by atoms with Crippen LogP contribution in [-0.4, -0.2) is 52.6 Å². The predicted octanol–water partition coefficient (Wildman–Crippen LogP) is 28.6. The molecule has 0 aliphatic heterocycles. The van der Waals surface area contributed by atoms with Gasteiger partial charge in [0, 0.05) is 130 Å². The van der Waals surface area contributed by atoms with Crippen molar-refractivity contribution in [3.63, 3.8) is 0 Å². The van der Waals surface area contributed by atoms with Crippen LogP contribution in [0.1, 0.15) is 241 Å². The van der Waals surface area contributed by atoms with Crippen molar-refractivity contribution in [2.45, 2.75) is 298 Å². The minimum atomic E-state index is 0.947. The standard InChI is InChI=1S/3C15H21N.3C13H18N2.C12H15NO.C12H15NS/c2*1-8-9(2)11(4)15-13(6)16(7)12(5)14(15)10(8)3;1-8-9(2)11(4)15-14(10(8)3)12(5)13(6)16(15)7;1-7-8(2)10(4)13-12(9(7)3)11(5)15(6)14-13;2*1-7-8(2)10(4)13-12(9(7)3)11(5)14-15(13)6;2*1-6-7(2)9(4)12-11(8(6)3)10(5)13-14-12/h3*1-7H3;3*1-6H3;2*1-5H3. The summed E-state index contributed by atoms with van der Waals surface area (Å²) >= 11 is 1.63. The van der Waals surface area contributed by atoms with Crippen LogP contribution in [0.5, 0.6) is 0 Å². The summed E-state index contributed by atoms with van der Waals surface area (Å²) in [4.78, 5) is 0. The Hall–Kier alpha value is -9.85. The van der Waals surface area contributed by atoms with E-state index in [1.165, 1.54) is 299 Å². The minimum Gasteiger partial charge on any atom is -0.356 e. The van der Waals surface area contributed by atoms with Gasteiger partial charge in [-0.2, -0.15) is 19.7 Å². The fraction of sp³-hybridized carbons (Fsp3) is 0.454. The smallest absolute Gasteiger partial charge is 0.170 e. The van der Waals surface area contributed by atoms with Gasteiger partial charge in [-0.15, -0.1) is 0 Å². The van der Waals surface area contributed by atoms with Gasteiger partial charge in [0.05, 0.1) is 49.5 Å². The monoisotopic (exact) mass is 1650 g/mol. The summed E-state index contributed by atoms with van der Waals surface area (Å²) in [5.41, 5.74) is 64.7. The van der Waals surface area contributed by atoms with E-state index < -0.39 is 0 Å². The molecule has 0 unspecified atom stereocenters. The molecule has 121 heavy (non-hydrogen) atoms. The Morgan fingerprint density at radius 2 is 0.471 bits per heavy atom. The third-order valence-electron chi connectivity index (χ3n) is 30.8. The van der Waals surface area contributed by atoms with E-state index in [2.05, 4.69) is 350 Å². The molecule has 0 saturated heterocycles. The fourth-order valence-corrected chi connectivity index (χ4v) is 20.5. The van der Waals surface area contributed by atoms with Crippen LogP contribution in [0.4, 0.5) is 0 Å². The molecule has 0 saturated carbocycles. The lowest BCUT2D eigenvalue weighted by molar-refractivity contribution is 0.449. The van der Waals surface area contributed by atoms with Crippen molar-refractivity contribution in [2.24, 2.45) is 42.3 Å². The van der Waals surface area contributed by atoms with Gasteiger partial charge in [0.15, 0.2) is 5.58 Å². The van der Waals surface area contributed by atoms with Crippen molar-refractivity contribution in [2.75, 3.05) is 0 Å². The molecule has 8 aromatic carbocycles. The van der Waals surface area contributed by atoms with Crippen LogP contribution in [0.3, 0.4) is 0 Å². The molecular formula is C108H147N11OS. The zero-order valence-electron chi connectivity index (χ0n) is 84.2. The maximum atomic E-state index is 5.35. The highest BCUT2D eigenvalue weighted by Crippen LogP contribution is 2.41. The highest BCUT2D eigenvalue weighted by molar-refractivity contribution is 7.13. The maximum Gasteiger partial charge on any atom is 0.170 e. The van der Waals surface area contributed by atoms with Crippen molar-refractivity contribution < 1.29 is 4.52 Å². The molecule has 0 aliphatic carbocycles.